The topological polar surface area (TPSA) is 74.1 Å². The Morgan fingerprint density at radius 1 is 1.60 bits per heavy atom. The fraction of sp³-hybridized carbons (Fsp3) is 0.583. The Bertz CT molecular complexity index is 570. The monoisotopic (exact) mass is 295 g/mol. The highest BCUT2D eigenvalue weighted by atomic mass is 32.1. The van der Waals surface area contributed by atoms with Crippen LogP contribution in [0.3, 0.4) is 0 Å². The van der Waals surface area contributed by atoms with E-state index in [9.17, 15) is 0 Å². The predicted octanol–water partition coefficient (Wildman–Crippen LogP) is 1.36. The molecule has 3 rings (SSSR count). The molecular weight excluding hydrogens is 278 g/mol. The van der Waals surface area contributed by atoms with E-state index in [2.05, 4.69) is 19.8 Å². The Labute approximate surface area is 121 Å². The average Bonchev–Trinajstić information content (AvgIpc) is 3.12. The van der Waals surface area contributed by atoms with Gasteiger partial charge in [0.25, 0.3) is 0 Å². The van der Waals surface area contributed by atoms with Crippen molar-refractivity contribution in [2.24, 2.45) is 7.05 Å². The van der Waals surface area contributed by atoms with Gasteiger partial charge in [0.1, 0.15) is 12.7 Å². The largest absolute Gasteiger partial charge is 0.377 e. The maximum atomic E-state index is 5.81. The summed E-state index contributed by atoms with van der Waals surface area (Å²) >= 11 is 1.35. The van der Waals surface area contributed by atoms with Gasteiger partial charge in [-0.3, -0.25) is 4.68 Å². The van der Waals surface area contributed by atoms with Crippen LogP contribution in [-0.2, 0) is 23.1 Å². The first-order chi connectivity index (χ1) is 9.76. The molecule has 7 nitrogen and oxygen atoms in total. The Hall–Kier alpha value is -1.51. The van der Waals surface area contributed by atoms with Gasteiger partial charge < -0.3 is 14.8 Å². The van der Waals surface area contributed by atoms with Crippen molar-refractivity contribution < 1.29 is 9.47 Å². The van der Waals surface area contributed by atoms with Crippen LogP contribution in [0.25, 0.3) is 0 Å². The zero-order valence-electron chi connectivity index (χ0n) is 11.4. The minimum absolute atomic E-state index is 0.0125. The lowest BCUT2D eigenvalue weighted by Crippen LogP contribution is -2.22. The molecule has 0 radical (unpaired) electrons. The fourth-order valence-electron chi connectivity index (χ4n) is 2.31. The number of hydrogen-bond donors (Lipinski definition) is 1. The van der Waals surface area contributed by atoms with Crippen LogP contribution in [-0.4, -0.2) is 38.9 Å². The second-order valence-electron chi connectivity index (χ2n) is 4.73. The first kappa shape index (κ1) is 13.5. The maximum Gasteiger partial charge on any atom is 0.202 e. The number of methoxy groups -OCH3 is 1. The van der Waals surface area contributed by atoms with Crippen molar-refractivity contribution in [1.82, 2.24) is 19.1 Å². The van der Waals surface area contributed by atoms with Crippen molar-refractivity contribution in [2.75, 3.05) is 19.0 Å². The van der Waals surface area contributed by atoms with Crippen LogP contribution in [0.15, 0.2) is 12.4 Å². The van der Waals surface area contributed by atoms with Crippen LogP contribution < -0.4 is 5.32 Å². The van der Waals surface area contributed by atoms with Gasteiger partial charge in [0, 0.05) is 44.1 Å². The molecule has 1 N–H and O–H groups in total. The molecule has 0 aromatic carbocycles. The second kappa shape index (κ2) is 5.86. The quantitative estimate of drug-likeness (QED) is 0.898. The molecule has 0 spiro atoms. The van der Waals surface area contributed by atoms with E-state index in [0.717, 1.165) is 23.7 Å². The van der Waals surface area contributed by atoms with Crippen LogP contribution in [0, 0.1) is 0 Å². The summed E-state index contributed by atoms with van der Waals surface area (Å²) in [6.45, 7) is 1.17. The van der Waals surface area contributed by atoms with Gasteiger partial charge in [-0.1, -0.05) is 0 Å². The van der Waals surface area contributed by atoms with Crippen molar-refractivity contribution >= 4 is 16.7 Å². The highest BCUT2D eigenvalue weighted by Crippen LogP contribution is 2.31. The van der Waals surface area contributed by atoms with Gasteiger partial charge in [0.05, 0.1) is 12.2 Å². The minimum Gasteiger partial charge on any atom is -0.377 e. The fourth-order valence-corrected chi connectivity index (χ4v) is 2.95. The summed E-state index contributed by atoms with van der Waals surface area (Å²) in [5.74, 6) is 0.705. The van der Waals surface area contributed by atoms with Gasteiger partial charge in [-0.2, -0.15) is 9.47 Å². The Morgan fingerprint density at radius 2 is 2.50 bits per heavy atom. The molecule has 3 heterocycles. The maximum absolute atomic E-state index is 5.81. The van der Waals surface area contributed by atoms with Crippen molar-refractivity contribution in [2.45, 2.75) is 25.2 Å². The third-order valence-corrected chi connectivity index (χ3v) is 3.88. The molecule has 0 bridgehead atoms. The molecular formula is C12H17N5O2S. The number of nitrogens with one attached hydrogen (secondary N) is 1. The van der Waals surface area contributed by atoms with E-state index in [-0.39, 0.29) is 12.1 Å². The highest BCUT2D eigenvalue weighted by Gasteiger charge is 2.31. The smallest absolute Gasteiger partial charge is 0.202 e. The van der Waals surface area contributed by atoms with Crippen molar-refractivity contribution in [3.8, 4) is 0 Å². The molecule has 1 aliphatic heterocycles. The first-order valence-corrected chi connectivity index (χ1v) is 7.22. The van der Waals surface area contributed by atoms with E-state index >= 15 is 0 Å². The van der Waals surface area contributed by atoms with E-state index in [4.69, 9.17) is 9.47 Å². The lowest BCUT2D eigenvalue weighted by Gasteiger charge is -2.17. The number of nitrogens with zero attached hydrogens (tertiary/aromatic N) is 4. The molecule has 2 aromatic heterocycles. The van der Waals surface area contributed by atoms with Crippen LogP contribution >= 0.6 is 11.5 Å². The Balaban J connectivity index is 1.69. The molecule has 8 heteroatoms. The average molecular weight is 295 g/mol. The molecule has 1 saturated heterocycles. The van der Waals surface area contributed by atoms with Crippen molar-refractivity contribution in [3.63, 3.8) is 0 Å². The molecule has 2 aromatic rings. The van der Waals surface area contributed by atoms with Crippen molar-refractivity contribution in [3.05, 3.63) is 23.8 Å². The van der Waals surface area contributed by atoms with Crippen LogP contribution in [0.1, 0.15) is 23.9 Å². The number of hydrogen-bond acceptors (Lipinski definition) is 7. The number of ether oxygens (including phenoxy) is 2. The normalized spacial score (nSPS) is 22.3. The molecule has 0 aliphatic carbocycles. The molecule has 1 fully saturated rings. The minimum atomic E-state index is 0.0125. The Morgan fingerprint density at radius 3 is 3.25 bits per heavy atom. The summed E-state index contributed by atoms with van der Waals surface area (Å²) in [6.07, 6.45) is 4.79. The SMILES string of the molecule is COCc1nsc(N[C@H]2CCO[C@@H]2c2cnn(C)c2)n1. The lowest BCUT2D eigenvalue weighted by molar-refractivity contribution is 0.107. The summed E-state index contributed by atoms with van der Waals surface area (Å²) in [7, 11) is 3.54. The molecule has 20 heavy (non-hydrogen) atoms. The first-order valence-electron chi connectivity index (χ1n) is 6.44. The van der Waals surface area contributed by atoms with Crippen molar-refractivity contribution in [1.29, 1.82) is 0 Å². The summed E-state index contributed by atoms with van der Waals surface area (Å²) in [6, 6.07) is 0.197. The van der Waals surface area contributed by atoms with Gasteiger partial charge in [-0.05, 0) is 6.42 Å². The third-order valence-electron chi connectivity index (χ3n) is 3.20. The van der Waals surface area contributed by atoms with Gasteiger partial charge >= 0.3 is 0 Å². The van der Waals surface area contributed by atoms with Crippen LogP contribution in [0.4, 0.5) is 5.13 Å². The second-order valence-corrected chi connectivity index (χ2v) is 5.48. The van der Waals surface area contributed by atoms with E-state index in [1.54, 1.807) is 11.8 Å². The third kappa shape index (κ3) is 2.82. The number of anilines is 1. The molecule has 1 aliphatic rings. The zero-order chi connectivity index (χ0) is 13.9. The number of rotatable bonds is 5. The van der Waals surface area contributed by atoms with E-state index in [1.807, 2.05) is 19.4 Å². The van der Waals surface area contributed by atoms with Crippen LogP contribution in [0.2, 0.25) is 0 Å². The summed E-state index contributed by atoms with van der Waals surface area (Å²) in [4.78, 5) is 4.39. The van der Waals surface area contributed by atoms with Gasteiger partial charge in [-0.15, -0.1) is 0 Å². The number of aromatic nitrogens is 4. The molecule has 2 atom stereocenters. The zero-order valence-corrected chi connectivity index (χ0v) is 12.3. The number of aryl methyl sites for hydroxylation is 1. The molecule has 108 valence electrons. The van der Waals surface area contributed by atoms with Gasteiger partial charge in [0.2, 0.25) is 5.13 Å². The molecule has 0 unspecified atom stereocenters. The van der Waals surface area contributed by atoms with Gasteiger partial charge in [-0.25, -0.2) is 4.98 Å². The highest BCUT2D eigenvalue weighted by molar-refractivity contribution is 7.09. The van der Waals surface area contributed by atoms with E-state index in [1.165, 1.54) is 11.5 Å². The van der Waals surface area contributed by atoms with E-state index < -0.39 is 0 Å². The van der Waals surface area contributed by atoms with Crippen LogP contribution in [0.5, 0.6) is 0 Å². The summed E-state index contributed by atoms with van der Waals surface area (Å²) in [5, 5.41) is 8.41. The lowest BCUT2D eigenvalue weighted by atomic mass is 10.1. The van der Waals surface area contributed by atoms with Gasteiger partial charge in [0.15, 0.2) is 5.82 Å². The van der Waals surface area contributed by atoms with E-state index in [0.29, 0.717) is 12.4 Å². The standard InChI is InChI=1S/C12H17N5O2S/c1-17-6-8(5-13-17)11-9(3-4-19-11)14-12-15-10(7-18-2)16-20-12/h5-6,9,11H,3-4,7H2,1-2H3,(H,14,15,16)/t9-,11+/m0/s1. The summed E-state index contributed by atoms with van der Waals surface area (Å²) < 4.78 is 16.9. The Kier molecular flexibility index (Phi) is 3.95. The molecule has 0 saturated carbocycles. The molecule has 0 amide bonds. The predicted molar refractivity (Wildman–Crippen MR) is 74.6 cm³/mol. The summed E-state index contributed by atoms with van der Waals surface area (Å²) in [5.41, 5.74) is 1.09.